The van der Waals surface area contributed by atoms with Crippen molar-refractivity contribution in [2.45, 2.75) is 20.3 Å². The van der Waals surface area contributed by atoms with E-state index in [4.69, 9.17) is 0 Å². The molecule has 3 nitrogen and oxygen atoms in total. The molecule has 0 atom stereocenters. The van der Waals surface area contributed by atoms with E-state index in [0.717, 1.165) is 17.8 Å². The van der Waals surface area contributed by atoms with Gasteiger partial charge in [-0.3, -0.25) is 0 Å². The van der Waals surface area contributed by atoms with E-state index in [1.807, 2.05) is 41.2 Å². The SMILES string of the molecule is CC(C)Cc1cn(-c2ccccc2)nn1. The van der Waals surface area contributed by atoms with E-state index >= 15 is 0 Å². The minimum Gasteiger partial charge on any atom is -0.220 e. The van der Waals surface area contributed by atoms with Crippen LogP contribution in [0.3, 0.4) is 0 Å². The summed E-state index contributed by atoms with van der Waals surface area (Å²) in [6, 6.07) is 10.0. The van der Waals surface area contributed by atoms with Gasteiger partial charge in [-0.2, -0.15) is 0 Å². The average molecular weight is 201 g/mol. The number of aromatic nitrogens is 3. The molecule has 0 radical (unpaired) electrons. The molecule has 0 unspecified atom stereocenters. The van der Waals surface area contributed by atoms with Crippen molar-refractivity contribution in [3.05, 3.63) is 42.2 Å². The van der Waals surface area contributed by atoms with Crippen LogP contribution in [0.5, 0.6) is 0 Å². The van der Waals surface area contributed by atoms with Gasteiger partial charge in [0, 0.05) is 0 Å². The summed E-state index contributed by atoms with van der Waals surface area (Å²) in [5.74, 6) is 0.617. The van der Waals surface area contributed by atoms with Crippen molar-refractivity contribution in [2.24, 2.45) is 5.92 Å². The molecular formula is C12H15N3. The molecular weight excluding hydrogens is 186 g/mol. The monoisotopic (exact) mass is 201 g/mol. The van der Waals surface area contributed by atoms with E-state index in [1.165, 1.54) is 0 Å². The molecule has 3 heteroatoms. The fourth-order valence-corrected chi connectivity index (χ4v) is 1.52. The third-order valence-corrected chi connectivity index (χ3v) is 2.18. The van der Waals surface area contributed by atoms with Crippen LogP contribution in [0.15, 0.2) is 36.5 Å². The molecule has 0 spiro atoms. The highest BCUT2D eigenvalue weighted by atomic mass is 15.4. The van der Waals surface area contributed by atoms with Crippen LogP contribution in [-0.4, -0.2) is 15.0 Å². The first-order chi connectivity index (χ1) is 7.25. The quantitative estimate of drug-likeness (QED) is 0.763. The summed E-state index contributed by atoms with van der Waals surface area (Å²) in [4.78, 5) is 0. The lowest BCUT2D eigenvalue weighted by molar-refractivity contribution is 0.633. The Morgan fingerprint density at radius 1 is 1.20 bits per heavy atom. The lowest BCUT2D eigenvalue weighted by Gasteiger charge is -1.99. The Kier molecular flexibility index (Phi) is 2.81. The van der Waals surface area contributed by atoms with Gasteiger partial charge < -0.3 is 0 Å². The molecule has 78 valence electrons. The highest BCUT2D eigenvalue weighted by Gasteiger charge is 2.03. The summed E-state index contributed by atoms with van der Waals surface area (Å²) in [6.07, 6.45) is 2.97. The maximum atomic E-state index is 4.15. The van der Waals surface area contributed by atoms with Gasteiger partial charge in [-0.15, -0.1) is 5.10 Å². The summed E-state index contributed by atoms with van der Waals surface area (Å²) in [6.45, 7) is 4.36. The van der Waals surface area contributed by atoms with Crippen LogP contribution in [0.1, 0.15) is 19.5 Å². The molecule has 0 saturated carbocycles. The third-order valence-electron chi connectivity index (χ3n) is 2.18. The first-order valence-corrected chi connectivity index (χ1v) is 5.22. The van der Waals surface area contributed by atoms with Gasteiger partial charge in [0.25, 0.3) is 0 Å². The molecule has 0 N–H and O–H groups in total. The van der Waals surface area contributed by atoms with Gasteiger partial charge in [-0.05, 0) is 24.5 Å². The number of nitrogens with zero attached hydrogens (tertiary/aromatic N) is 3. The molecule has 0 aliphatic rings. The zero-order valence-corrected chi connectivity index (χ0v) is 9.09. The van der Waals surface area contributed by atoms with Crippen LogP contribution >= 0.6 is 0 Å². The van der Waals surface area contributed by atoms with Crippen molar-refractivity contribution < 1.29 is 0 Å². The van der Waals surface area contributed by atoms with Crippen molar-refractivity contribution in [3.8, 4) is 5.69 Å². The molecule has 0 bridgehead atoms. The van der Waals surface area contributed by atoms with Gasteiger partial charge in [0.05, 0.1) is 17.6 Å². The van der Waals surface area contributed by atoms with Crippen molar-refractivity contribution in [1.29, 1.82) is 0 Å². The molecule has 2 rings (SSSR count). The Hall–Kier alpha value is -1.64. The van der Waals surface area contributed by atoms with Crippen LogP contribution in [0.4, 0.5) is 0 Å². The van der Waals surface area contributed by atoms with Crippen LogP contribution in [-0.2, 0) is 6.42 Å². The van der Waals surface area contributed by atoms with E-state index in [-0.39, 0.29) is 0 Å². The first-order valence-electron chi connectivity index (χ1n) is 5.22. The standard InChI is InChI=1S/C12H15N3/c1-10(2)8-11-9-15(14-13-11)12-6-4-3-5-7-12/h3-7,9-10H,8H2,1-2H3. The average Bonchev–Trinajstić information content (AvgIpc) is 2.67. The zero-order chi connectivity index (χ0) is 10.7. The number of benzene rings is 1. The molecule has 2 aromatic rings. The Labute approximate surface area is 89.7 Å². The summed E-state index contributed by atoms with van der Waals surface area (Å²) in [5.41, 5.74) is 2.11. The Balaban J connectivity index is 2.21. The van der Waals surface area contributed by atoms with E-state index in [0.29, 0.717) is 5.92 Å². The number of rotatable bonds is 3. The number of para-hydroxylation sites is 1. The smallest absolute Gasteiger partial charge is 0.0834 e. The van der Waals surface area contributed by atoms with Gasteiger partial charge >= 0.3 is 0 Å². The predicted octanol–water partition coefficient (Wildman–Crippen LogP) is 2.47. The minimum absolute atomic E-state index is 0.617. The molecule has 1 aromatic heterocycles. The summed E-state index contributed by atoms with van der Waals surface area (Å²) >= 11 is 0. The van der Waals surface area contributed by atoms with Gasteiger partial charge in [-0.1, -0.05) is 37.3 Å². The lowest BCUT2D eigenvalue weighted by Crippen LogP contribution is -1.94. The van der Waals surface area contributed by atoms with E-state index in [9.17, 15) is 0 Å². The molecule has 0 fully saturated rings. The Morgan fingerprint density at radius 3 is 2.60 bits per heavy atom. The van der Waals surface area contributed by atoms with Gasteiger partial charge in [0.1, 0.15) is 0 Å². The largest absolute Gasteiger partial charge is 0.220 e. The molecule has 0 amide bonds. The second-order valence-electron chi connectivity index (χ2n) is 4.09. The molecule has 15 heavy (non-hydrogen) atoms. The normalized spacial score (nSPS) is 10.9. The molecule has 1 aromatic carbocycles. The molecule has 1 heterocycles. The van der Waals surface area contributed by atoms with E-state index in [2.05, 4.69) is 24.2 Å². The number of hydrogen-bond donors (Lipinski definition) is 0. The van der Waals surface area contributed by atoms with Gasteiger partial charge in [-0.25, -0.2) is 4.68 Å². The van der Waals surface area contributed by atoms with Crippen LogP contribution < -0.4 is 0 Å². The Morgan fingerprint density at radius 2 is 1.93 bits per heavy atom. The van der Waals surface area contributed by atoms with Crippen LogP contribution in [0.2, 0.25) is 0 Å². The predicted molar refractivity (Wildman–Crippen MR) is 59.9 cm³/mol. The fourth-order valence-electron chi connectivity index (χ4n) is 1.52. The van der Waals surface area contributed by atoms with Gasteiger partial charge in [0.15, 0.2) is 0 Å². The highest BCUT2D eigenvalue weighted by molar-refractivity contribution is 5.29. The lowest BCUT2D eigenvalue weighted by atomic mass is 10.1. The third kappa shape index (κ3) is 2.43. The van der Waals surface area contributed by atoms with Crippen molar-refractivity contribution >= 4 is 0 Å². The second kappa shape index (κ2) is 4.26. The number of hydrogen-bond acceptors (Lipinski definition) is 2. The second-order valence-corrected chi connectivity index (χ2v) is 4.09. The van der Waals surface area contributed by atoms with Gasteiger partial charge in [0.2, 0.25) is 0 Å². The maximum absolute atomic E-state index is 4.15. The first kappa shape index (κ1) is 9.90. The van der Waals surface area contributed by atoms with Crippen molar-refractivity contribution in [2.75, 3.05) is 0 Å². The maximum Gasteiger partial charge on any atom is 0.0834 e. The summed E-state index contributed by atoms with van der Waals surface area (Å²) < 4.78 is 1.82. The van der Waals surface area contributed by atoms with Crippen molar-refractivity contribution in [3.63, 3.8) is 0 Å². The van der Waals surface area contributed by atoms with E-state index < -0.39 is 0 Å². The Bertz CT molecular complexity index is 417. The topological polar surface area (TPSA) is 30.7 Å². The molecule has 0 saturated heterocycles. The highest BCUT2D eigenvalue weighted by Crippen LogP contribution is 2.08. The van der Waals surface area contributed by atoms with Crippen LogP contribution in [0, 0.1) is 5.92 Å². The fraction of sp³-hybridized carbons (Fsp3) is 0.333. The van der Waals surface area contributed by atoms with Crippen molar-refractivity contribution in [1.82, 2.24) is 15.0 Å². The zero-order valence-electron chi connectivity index (χ0n) is 9.09. The van der Waals surface area contributed by atoms with Crippen LogP contribution in [0.25, 0.3) is 5.69 Å². The summed E-state index contributed by atoms with van der Waals surface area (Å²) in [7, 11) is 0. The molecule has 0 aliphatic carbocycles. The minimum atomic E-state index is 0.617. The molecule has 0 aliphatic heterocycles. The van der Waals surface area contributed by atoms with E-state index in [1.54, 1.807) is 0 Å². The summed E-state index contributed by atoms with van der Waals surface area (Å²) in [5, 5.41) is 8.25.